The predicted octanol–water partition coefficient (Wildman–Crippen LogP) is -0.00232. The molecule has 1 aromatic rings. The van der Waals surface area contributed by atoms with Crippen LogP contribution < -0.4 is 4.72 Å². The van der Waals surface area contributed by atoms with Crippen LogP contribution in [-0.4, -0.2) is 38.7 Å². The molecule has 1 aromatic heterocycles. The fourth-order valence-electron chi connectivity index (χ4n) is 1.70. The molecule has 9 heteroatoms. The van der Waals surface area contributed by atoms with Crippen LogP contribution in [0.15, 0.2) is 16.3 Å². The summed E-state index contributed by atoms with van der Waals surface area (Å²) in [6.07, 6.45) is 0. The monoisotopic (exact) mass is 302 g/mol. The van der Waals surface area contributed by atoms with Crippen LogP contribution in [0.3, 0.4) is 0 Å². The first-order chi connectivity index (χ1) is 8.94. The van der Waals surface area contributed by atoms with Gasteiger partial charge >= 0.3 is 5.97 Å². The third-order valence-electron chi connectivity index (χ3n) is 2.66. The van der Waals surface area contributed by atoms with Gasteiger partial charge in [-0.1, -0.05) is 0 Å². The quantitative estimate of drug-likeness (QED) is 0.808. The van der Waals surface area contributed by atoms with Crippen molar-refractivity contribution in [1.29, 1.82) is 5.26 Å². The lowest BCUT2D eigenvalue weighted by atomic mass is 10.1. The molecule has 102 valence electrons. The lowest BCUT2D eigenvalue weighted by Gasteiger charge is -2.14. The van der Waals surface area contributed by atoms with Crippen molar-refractivity contribution in [3.05, 3.63) is 17.0 Å². The summed E-state index contributed by atoms with van der Waals surface area (Å²) in [5.74, 6) is -2.00. The molecule has 0 aromatic carbocycles. The molecule has 1 saturated heterocycles. The van der Waals surface area contributed by atoms with Gasteiger partial charge in [-0.15, -0.1) is 11.3 Å². The van der Waals surface area contributed by atoms with E-state index in [9.17, 15) is 13.2 Å². The maximum atomic E-state index is 12.0. The third-order valence-corrected chi connectivity index (χ3v) is 5.63. The van der Waals surface area contributed by atoms with Gasteiger partial charge in [-0.2, -0.15) is 5.26 Å². The summed E-state index contributed by atoms with van der Waals surface area (Å²) in [4.78, 5) is 11.2. The molecule has 2 unspecified atom stereocenters. The SMILES string of the molecule is N#Cc1ccc(S(=O)(=O)NC2COCC2C(=O)O)s1. The highest BCUT2D eigenvalue weighted by Crippen LogP contribution is 2.23. The zero-order valence-corrected chi connectivity index (χ0v) is 11.2. The van der Waals surface area contributed by atoms with Gasteiger partial charge in [-0.25, -0.2) is 13.1 Å². The van der Waals surface area contributed by atoms with E-state index in [2.05, 4.69) is 4.72 Å². The molecule has 2 heterocycles. The number of nitrogens with one attached hydrogen (secondary N) is 1. The second kappa shape index (κ2) is 5.26. The van der Waals surface area contributed by atoms with Gasteiger partial charge in [0.2, 0.25) is 10.0 Å². The van der Waals surface area contributed by atoms with E-state index in [1.54, 1.807) is 0 Å². The molecule has 0 saturated carbocycles. The lowest BCUT2D eigenvalue weighted by Crippen LogP contribution is -2.42. The topological polar surface area (TPSA) is 116 Å². The van der Waals surface area contributed by atoms with Gasteiger partial charge in [-0.05, 0) is 12.1 Å². The third kappa shape index (κ3) is 2.93. The van der Waals surface area contributed by atoms with Crippen LogP contribution in [-0.2, 0) is 19.6 Å². The lowest BCUT2D eigenvalue weighted by molar-refractivity contribution is -0.142. The Balaban J connectivity index is 2.18. The number of hydrogen-bond acceptors (Lipinski definition) is 6. The first-order valence-electron chi connectivity index (χ1n) is 5.27. The number of aliphatic carboxylic acids is 1. The van der Waals surface area contributed by atoms with Crippen molar-refractivity contribution < 1.29 is 23.1 Å². The maximum absolute atomic E-state index is 12.0. The van der Waals surface area contributed by atoms with Crippen molar-refractivity contribution in [2.45, 2.75) is 10.3 Å². The minimum absolute atomic E-state index is 0.0138. The average molecular weight is 302 g/mol. The molecular weight excluding hydrogens is 292 g/mol. The minimum atomic E-state index is -3.83. The Hall–Kier alpha value is -1.47. The highest BCUT2D eigenvalue weighted by Gasteiger charge is 2.37. The largest absolute Gasteiger partial charge is 0.481 e. The van der Waals surface area contributed by atoms with E-state index in [0.717, 1.165) is 11.3 Å². The Bertz CT molecular complexity index is 631. The Morgan fingerprint density at radius 3 is 2.84 bits per heavy atom. The fraction of sp³-hybridized carbons (Fsp3) is 0.400. The highest BCUT2D eigenvalue weighted by atomic mass is 32.2. The van der Waals surface area contributed by atoms with E-state index >= 15 is 0 Å². The van der Waals surface area contributed by atoms with E-state index in [4.69, 9.17) is 15.1 Å². The smallest absolute Gasteiger partial charge is 0.310 e. The van der Waals surface area contributed by atoms with Gasteiger partial charge in [0.1, 0.15) is 15.2 Å². The van der Waals surface area contributed by atoms with Crippen molar-refractivity contribution >= 4 is 27.3 Å². The number of thiophene rings is 1. The average Bonchev–Trinajstić information content (AvgIpc) is 2.95. The Morgan fingerprint density at radius 2 is 2.26 bits per heavy atom. The molecule has 19 heavy (non-hydrogen) atoms. The Morgan fingerprint density at radius 1 is 1.53 bits per heavy atom. The first-order valence-corrected chi connectivity index (χ1v) is 7.57. The molecule has 2 atom stereocenters. The number of carboxylic acids is 1. The van der Waals surface area contributed by atoms with Crippen LogP contribution in [0.5, 0.6) is 0 Å². The molecule has 0 aliphatic carbocycles. The van der Waals surface area contributed by atoms with Gasteiger partial charge in [0, 0.05) is 0 Å². The zero-order valence-electron chi connectivity index (χ0n) is 9.57. The number of sulfonamides is 1. The van der Waals surface area contributed by atoms with E-state index in [0.29, 0.717) is 0 Å². The number of nitriles is 1. The van der Waals surface area contributed by atoms with Crippen molar-refractivity contribution in [1.82, 2.24) is 4.72 Å². The van der Waals surface area contributed by atoms with Crippen molar-refractivity contribution in [2.24, 2.45) is 5.92 Å². The molecule has 1 aliphatic rings. The number of rotatable bonds is 4. The first kappa shape index (κ1) is 14.0. The van der Waals surface area contributed by atoms with Crippen LogP contribution in [0.25, 0.3) is 0 Å². The summed E-state index contributed by atoms with van der Waals surface area (Å²) >= 11 is 0.833. The molecule has 0 amide bonds. The number of carbonyl (C=O) groups is 1. The summed E-state index contributed by atoms with van der Waals surface area (Å²) in [6.45, 7) is 0.00306. The summed E-state index contributed by atoms with van der Waals surface area (Å²) in [7, 11) is -3.83. The molecule has 2 rings (SSSR count). The van der Waals surface area contributed by atoms with Gasteiger partial charge in [0.15, 0.2) is 0 Å². The molecule has 0 radical (unpaired) electrons. The second-order valence-corrected chi connectivity index (χ2v) is 6.97. The molecular formula is C10H10N2O5S2. The summed E-state index contributed by atoms with van der Waals surface area (Å²) in [6, 6.07) is 3.77. The highest BCUT2D eigenvalue weighted by molar-refractivity contribution is 7.91. The van der Waals surface area contributed by atoms with Crippen LogP contribution in [0.4, 0.5) is 0 Å². The van der Waals surface area contributed by atoms with Crippen LogP contribution in [0.2, 0.25) is 0 Å². The Kier molecular flexibility index (Phi) is 3.86. The van der Waals surface area contributed by atoms with Crippen LogP contribution in [0.1, 0.15) is 4.88 Å². The van der Waals surface area contributed by atoms with Crippen LogP contribution in [0, 0.1) is 17.2 Å². The number of ether oxygens (including phenoxy) is 1. The summed E-state index contributed by atoms with van der Waals surface area (Å²) in [5.41, 5.74) is 0. The minimum Gasteiger partial charge on any atom is -0.481 e. The summed E-state index contributed by atoms with van der Waals surface area (Å²) < 4.78 is 31.3. The Labute approximate surface area is 113 Å². The van der Waals surface area contributed by atoms with Crippen LogP contribution >= 0.6 is 11.3 Å². The van der Waals surface area contributed by atoms with E-state index < -0.39 is 28.0 Å². The maximum Gasteiger partial charge on any atom is 0.310 e. The van der Waals surface area contributed by atoms with Gasteiger partial charge in [-0.3, -0.25) is 4.79 Å². The van der Waals surface area contributed by atoms with E-state index in [1.165, 1.54) is 12.1 Å². The predicted molar refractivity (Wildman–Crippen MR) is 65.1 cm³/mol. The van der Waals surface area contributed by atoms with Crippen molar-refractivity contribution in [3.8, 4) is 6.07 Å². The molecule has 0 spiro atoms. The number of carboxylic acid groups (broad SMARTS) is 1. The molecule has 0 bridgehead atoms. The zero-order chi connectivity index (χ0) is 14.0. The van der Waals surface area contributed by atoms with E-state index in [1.807, 2.05) is 6.07 Å². The van der Waals surface area contributed by atoms with Gasteiger partial charge in [0.05, 0.1) is 25.2 Å². The number of hydrogen-bond donors (Lipinski definition) is 2. The molecule has 7 nitrogen and oxygen atoms in total. The molecule has 2 N–H and O–H groups in total. The summed E-state index contributed by atoms with van der Waals surface area (Å²) in [5, 5.41) is 17.6. The van der Waals surface area contributed by atoms with Gasteiger partial charge in [0.25, 0.3) is 0 Å². The van der Waals surface area contributed by atoms with Gasteiger partial charge < -0.3 is 9.84 Å². The normalized spacial score (nSPS) is 23.1. The van der Waals surface area contributed by atoms with Crippen molar-refractivity contribution in [2.75, 3.05) is 13.2 Å². The van der Waals surface area contributed by atoms with E-state index in [-0.39, 0.29) is 22.3 Å². The molecule has 1 fully saturated rings. The molecule has 1 aliphatic heterocycles. The number of nitrogens with zero attached hydrogens (tertiary/aromatic N) is 1. The van der Waals surface area contributed by atoms with Crippen molar-refractivity contribution in [3.63, 3.8) is 0 Å². The standard InChI is InChI=1S/C10H10N2O5S2/c11-3-6-1-2-9(18-6)19(15,16)12-8-5-17-4-7(8)10(13)14/h1-2,7-8,12H,4-5H2,(H,13,14). The fourth-order valence-corrected chi connectivity index (χ4v) is 4.08. The second-order valence-electron chi connectivity index (χ2n) is 3.94.